The standard InChI is InChI=1S/C17H31N3O2.ClH/c1-13(18)15-7-9-20(10-8-15)17(22)12-19-16(21)11-14-5-3-2-4-6-14;/h13-15H,2-12,18H2,1H3,(H,19,21);1H. The van der Waals surface area contributed by atoms with Crippen LogP contribution in [0.25, 0.3) is 0 Å². The average molecular weight is 346 g/mol. The highest BCUT2D eigenvalue weighted by atomic mass is 35.5. The second-order valence-electron chi connectivity index (χ2n) is 7.06. The molecular weight excluding hydrogens is 314 g/mol. The van der Waals surface area contributed by atoms with Gasteiger partial charge in [-0.2, -0.15) is 0 Å². The van der Waals surface area contributed by atoms with Crippen molar-refractivity contribution in [1.82, 2.24) is 10.2 Å². The van der Waals surface area contributed by atoms with E-state index in [1.165, 1.54) is 19.3 Å². The predicted octanol–water partition coefficient (Wildman–Crippen LogP) is 2.08. The molecule has 1 aliphatic carbocycles. The van der Waals surface area contributed by atoms with Crippen LogP contribution in [0, 0.1) is 11.8 Å². The summed E-state index contributed by atoms with van der Waals surface area (Å²) in [6.45, 7) is 3.72. The molecule has 1 unspecified atom stereocenters. The molecule has 1 atom stereocenters. The number of amides is 2. The number of nitrogens with two attached hydrogens (primary N) is 1. The smallest absolute Gasteiger partial charge is 0.241 e. The molecule has 2 aliphatic rings. The highest BCUT2D eigenvalue weighted by molar-refractivity contribution is 5.85. The van der Waals surface area contributed by atoms with Crippen LogP contribution in [0.4, 0.5) is 0 Å². The lowest BCUT2D eigenvalue weighted by molar-refractivity contribution is -0.134. The van der Waals surface area contributed by atoms with E-state index in [2.05, 4.69) is 5.32 Å². The molecule has 3 N–H and O–H groups in total. The Kier molecular flexibility index (Phi) is 8.92. The second kappa shape index (κ2) is 10.1. The van der Waals surface area contributed by atoms with E-state index < -0.39 is 0 Å². The van der Waals surface area contributed by atoms with Crippen LogP contribution in [0.2, 0.25) is 0 Å². The lowest BCUT2D eigenvalue weighted by Crippen LogP contribution is -2.46. The maximum atomic E-state index is 12.2. The van der Waals surface area contributed by atoms with E-state index in [1.54, 1.807) is 0 Å². The summed E-state index contributed by atoms with van der Waals surface area (Å²) in [5, 5.41) is 2.81. The molecule has 1 saturated carbocycles. The molecule has 0 radical (unpaired) electrons. The first-order chi connectivity index (χ1) is 10.6. The molecule has 134 valence electrons. The fourth-order valence-corrected chi connectivity index (χ4v) is 3.69. The van der Waals surface area contributed by atoms with Gasteiger partial charge in [-0.25, -0.2) is 0 Å². The lowest BCUT2D eigenvalue weighted by atomic mass is 9.87. The van der Waals surface area contributed by atoms with Crippen LogP contribution in [0.5, 0.6) is 0 Å². The van der Waals surface area contributed by atoms with Crippen LogP contribution < -0.4 is 11.1 Å². The number of nitrogens with one attached hydrogen (secondary N) is 1. The molecule has 1 aliphatic heterocycles. The number of piperidine rings is 1. The molecule has 1 saturated heterocycles. The minimum atomic E-state index is 0. The number of carbonyl (C=O) groups is 2. The molecule has 0 spiro atoms. The van der Waals surface area contributed by atoms with E-state index in [0.717, 1.165) is 38.8 Å². The number of carbonyl (C=O) groups excluding carboxylic acids is 2. The van der Waals surface area contributed by atoms with Gasteiger partial charge in [-0.15, -0.1) is 12.4 Å². The summed E-state index contributed by atoms with van der Waals surface area (Å²) in [7, 11) is 0. The zero-order valence-electron chi connectivity index (χ0n) is 14.3. The minimum absolute atomic E-state index is 0. The highest BCUT2D eigenvalue weighted by Gasteiger charge is 2.25. The Balaban J connectivity index is 0.00000264. The van der Waals surface area contributed by atoms with E-state index in [1.807, 2.05) is 11.8 Å². The van der Waals surface area contributed by atoms with Gasteiger partial charge in [0.2, 0.25) is 11.8 Å². The summed E-state index contributed by atoms with van der Waals surface area (Å²) in [6, 6.07) is 0.201. The van der Waals surface area contributed by atoms with Gasteiger partial charge in [0.05, 0.1) is 6.54 Å². The molecule has 0 aromatic carbocycles. The van der Waals surface area contributed by atoms with E-state index in [4.69, 9.17) is 5.73 Å². The van der Waals surface area contributed by atoms with Crippen LogP contribution in [0.15, 0.2) is 0 Å². The van der Waals surface area contributed by atoms with Crippen LogP contribution >= 0.6 is 12.4 Å². The fraction of sp³-hybridized carbons (Fsp3) is 0.882. The first-order valence-electron chi connectivity index (χ1n) is 8.86. The van der Waals surface area contributed by atoms with Gasteiger partial charge in [0.15, 0.2) is 0 Å². The maximum Gasteiger partial charge on any atom is 0.241 e. The Hall–Kier alpha value is -0.810. The molecule has 6 heteroatoms. The van der Waals surface area contributed by atoms with Gasteiger partial charge in [-0.1, -0.05) is 19.3 Å². The van der Waals surface area contributed by atoms with Crippen molar-refractivity contribution in [2.45, 2.75) is 64.3 Å². The van der Waals surface area contributed by atoms with Crippen molar-refractivity contribution in [2.75, 3.05) is 19.6 Å². The quantitative estimate of drug-likeness (QED) is 0.801. The zero-order valence-corrected chi connectivity index (χ0v) is 15.1. The van der Waals surface area contributed by atoms with Crippen molar-refractivity contribution in [3.8, 4) is 0 Å². The Labute approximate surface area is 146 Å². The normalized spacial score (nSPS) is 21.4. The Morgan fingerprint density at radius 2 is 1.74 bits per heavy atom. The number of hydrogen-bond donors (Lipinski definition) is 2. The number of likely N-dealkylation sites (tertiary alicyclic amines) is 1. The van der Waals surface area contributed by atoms with E-state index >= 15 is 0 Å². The number of nitrogens with zero attached hydrogens (tertiary/aromatic N) is 1. The van der Waals surface area contributed by atoms with Crippen LogP contribution in [-0.4, -0.2) is 42.4 Å². The topological polar surface area (TPSA) is 75.4 Å². The molecule has 2 fully saturated rings. The molecule has 5 nitrogen and oxygen atoms in total. The van der Waals surface area contributed by atoms with Crippen molar-refractivity contribution in [3.05, 3.63) is 0 Å². The highest BCUT2D eigenvalue weighted by Crippen LogP contribution is 2.26. The molecule has 0 aromatic heterocycles. The molecular formula is C17H32ClN3O2. The van der Waals surface area contributed by atoms with Gasteiger partial charge in [-0.05, 0) is 44.4 Å². The summed E-state index contributed by atoms with van der Waals surface area (Å²) < 4.78 is 0. The van der Waals surface area contributed by atoms with Crippen molar-refractivity contribution in [1.29, 1.82) is 0 Å². The minimum Gasteiger partial charge on any atom is -0.347 e. The van der Waals surface area contributed by atoms with Gasteiger partial charge in [0, 0.05) is 25.6 Å². The fourth-order valence-electron chi connectivity index (χ4n) is 3.69. The SMILES string of the molecule is CC(N)C1CCN(C(=O)CNC(=O)CC2CCCCC2)CC1.Cl. The molecule has 1 heterocycles. The van der Waals surface area contributed by atoms with Gasteiger partial charge in [0.1, 0.15) is 0 Å². The van der Waals surface area contributed by atoms with Crippen LogP contribution in [-0.2, 0) is 9.59 Å². The number of halogens is 1. The van der Waals surface area contributed by atoms with Crippen molar-refractivity contribution < 1.29 is 9.59 Å². The average Bonchev–Trinajstić information content (AvgIpc) is 2.53. The zero-order chi connectivity index (χ0) is 15.9. The third-order valence-corrected chi connectivity index (χ3v) is 5.27. The van der Waals surface area contributed by atoms with Crippen LogP contribution in [0.1, 0.15) is 58.3 Å². The van der Waals surface area contributed by atoms with Gasteiger partial charge < -0.3 is 16.0 Å². The first kappa shape index (κ1) is 20.2. The molecule has 0 bridgehead atoms. The summed E-state index contributed by atoms with van der Waals surface area (Å²) in [4.78, 5) is 26.0. The lowest BCUT2D eigenvalue weighted by Gasteiger charge is -2.33. The molecule has 2 rings (SSSR count). The third kappa shape index (κ3) is 6.68. The molecule has 2 amide bonds. The van der Waals surface area contributed by atoms with E-state index in [0.29, 0.717) is 18.3 Å². The molecule has 0 aromatic rings. The summed E-state index contributed by atoms with van der Waals surface area (Å²) in [5.41, 5.74) is 5.92. The second-order valence-corrected chi connectivity index (χ2v) is 7.06. The van der Waals surface area contributed by atoms with Crippen molar-refractivity contribution in [3.63, 3.8) is 0 Å². The predicted molar refractivity (Wildman–Crippen MR) is 94.4 cm³/mol. The van der Waals surface area contributed by atoms with Crippen molar-refractivity contribution >= 4 is 24.2 Å². The van der Waals surface area contributed by atoms with Crippen molar-refractivity contribution in [2.24, 2.45) is 17.6 Å². The summed E-state index contributed by atoms with van der Waals surface area (Å²) in [5.74, 6) is 1.11. The largest absolute Gasteiger partial charge is 0.347 e. The maximum absolute atomic E-state index is 12.2. The number of hydrogen-bond acceptors (Lipinski definition) is 3. The van der Waals surface area contributed by atoms with Gasteiger partial charge >= 0.3 is 0 Å². The van der Waals surface area contributed by atoms with Crippen LogP contribution in [0.3, 0.4) is 0 Å². The summed E-state index contributed by atoms with van der Waals surface area (Å²) >= 11 is 0. The molecule has 23 heavy (non-hydrogen) atoms. The summed E-state index contributed by atoms with van der Waals surface area (Å²) in [6.07, 6.45) is 8.63. The Bertz CT molecular complexity index is 376. The third-order valence-electron chi connectivity index (χ3n) is 5.27. The van der Waals surface area contributed by atoms with E-state index in [9.17, 15) is 9.59 Å². The number of rotatable bonds is 5. The first-order valence-corrected chi connectivity index (χ1v) is 8.86. The Morgan fingerprint density at radius 3 is 2.30 bits per heavy atom. The Morgan fingerprint density at radius 1 is 1.13 bits per heavy atom. The monoisotopic (exact) mass is 345 g/mol. The van der Waals surface area contributed by atoms with Gasteiger partial charge in [0.25, 0.3) is 0 Å². The van der Waals surface area contributed by atoms with E-state index in [-0.39, 0.29) is 36.8 Å². The van der Waals surface area contributed by atoms with Gasteiger partial charge in [-0.3, -0.25) is 9.59 Å².